The molecule has 1 unspecified atom stereocenters. The number of aliphatic carboxylic acids is 3. The molecule has 0 aromatic carbocycles. The largest absolute Gasteiger partial charge is 0.481 e. The van der Waals surface area contributed by atoms with Gasteiger partial charge in [0.05, 0.1) is 0 Å². The Morgan fingerprint density at radius 2 is 1.57 bits per heavy atom. The predicted molar refractivity (Wildman–Crippen MR) is 78.7 cm³/mol. The van der Waals surface area contributed by atoms with Gasteiger partial charge in [-0.3, -0.25) is 25.0 Å². The Morgan fingerprint density at radius 1 is 1.09 bits per heavy atom. The van der Waals surface area contributed by atoms with Gasteiger partial charge in [-0.05, 0) is 18.3 Å². The van der Waals surface area contributed by atoms with Crippen molar-refractivity contribution in [2.75, 3.05) is 6.61 Å². The van der Waals surface area contributed by atoms with E-state index in [1.54, 1.807) is 0 Å². The molecule has 3 atom stereocenters. The number of carbonyl (C=O) groups is 3. The number of hydrogen-bond acceptors (Lipinski definition) is 6. The summed E-state index contributed by atoms with van der Waals surface area (Å²) in [7, 11) is 0. The minimum Gasteiger partial charge on any atom is -0.481 e. The number of nitrogens with one attached hydrogen (secondary N) is 2. The van der Waals surface area contributed by atoms with Gasteiger partial charge in [-0.15, -0.1) is 0 Å². The summed E-state index contributed by atoms with van der Waals surface area (Å²) in [5.74, 6) is -4.62. The van der Waals surface area contributed by atoms with Crippen LogP contribution in [0.4, 0.5) is 0 Å². The fourth-order valence-electron chi connectivity index (χ4n) is 2.18. The third-order valence-electron chi connectivity index (χ3n) is 3.31. The maximum absolute atomic E-state index is 11.4. The Labute approximate surface area is 134 Å². The Bertz CT molecular complexity index is 468. The quantitative estimate of drug-likeness (QED) is 0.276. The van der Waals surface area contributed by atoms with Crippen molar-refractivity contribution in [2.45, 2.75) is 58.0 Å². The first-order chi connectivity index (χ1) is 10.4. The van der Waals surface area contributed by atoms with Crippen molar-refractivity contribution in [1.29, 1.82) is 0 Å². The molecule has 0 aromatic heterocycles. The van der Waals surface area contributed by atoms with Crippen LogP contribution in [-0.4, -0.2) is 57.8 Å². The Kier molecular flexibility index (Phi) is 6.09. The molecule has 1 fully saturated rings. The molecule has 0 aliphatic carbocycles. The molecule has 1 aliphatic rings. The summed E-state index contributed by atoms with van der Waals surface area (Å²) in [6, 6.07) is -2.07. The molecule has 23 heavy (non-hydrogen) atoms. The van der Waals surface area contributed by atoms with Gasteiger partial charge in [0.1, 0.15) is 18.7 Å². The normalized spacial score (nSPS) is 23.1. The third kappa shape index (κ3) is 6.93. The highest BCUT2D eigenvalue weighted by Crippen LogP contribution is 2.27. The molecule has 132 valence electrons. The Hall–Kier alpha value is -1.71. The zero-order valence-electron chi connectivity index (χ0n) is 13.5. The van der Waals surface area contributed by atoms with E-state index >= 15 is 0 Å². The molecule has 9 heteroatoms. The third-order valence-corrected chi connectivity index (χ3v) is 3.31. The van der Waals surface area contributed by atoms with Gasteiger partial charge >= 0.3 is 17.9 Å². The smallest absolute Gasteiger partial charge is 0.320 e. The van der Waals surface area contributed by atoms with Gasteiger partial charge in [0.2, 0.25) is 5.85 Å². The first-order valence-corrected chi connectivity index (χ1v) is 7.31. The molecule has 5 N–H and O–H groups in total. The number of carboxylic acids is 3. The maximum atomic E-state index is 11.4. The van der Waals surface area contributed by atoms with Crippen LogP contribution in [0.15, 0.2) is 0 Å². The lowest BCUT2D eigenvalue weighted by Gasteiger charge is -2.28. The van der Waals surface area contributed by atoms with E-state index in [2.05, 4.69) is 10.6 Å². The second-order valence-electron chi connectivity index (χ2n) is 6.88. The highest BCUT2D eigenvalue weighted by Gasteiger charge is 2.50. The van der Waals surface area contributed by atoms with E-state index in [0.717, 1.165) is 0 Å². The highest BCUT2D eigenvalue weighted by molar-refractivity contribution is 5.75. The van der Waals surface area contributed by atoms with Gasteiger partial charge in [0.15, 0.2) is 0 Å². The number of epoxide rings is 1. The van der Waals surface area contributed by atoms with Crippen molar-refractivity contribution < 1.29 is 34.4 Å². The van der Waals surface area contributed by atoms with Crippen molar-refractivity contribution in [3.8, 4) is 0 Å². The summed E-state index contributed by atoms with van der Waals surface area (Å²) >= 11 is 0. The first-order valence-electron chi connectivity index (χ1n) is 7.31. The van der Waals surface area contributed by atoms with Crippen molar-refractivity contribution in [1.82, 2.24) is 10.6 Å². The van der Waals surface area contributed by atoms with E-state index < -0.39 is 35.8 Å². The van der Waals surface area contributed by atoms with Crippen molar-refractivity contribution in [3.63, 3.8) is 0 Å². The summed E-state index contributed by atoms with van der Waals surface area (Å²) in [6.07, 6.45) is -0.124. The fraction of sp³-hybridized carbons (Fsp3) is 0.786. The van der Waals surface area contributed by atoms with Crippen LogP contribution in [-0.2, 0) is 19.1 Å². The number of ether oxygens (including phenoxy) is 1. The molecular weight excluding hydrogens is 308 g/mol. The molecular formula is C14H24N2O7. The second kappa shape index (κ2) is 7.24. The summed E-state index contributed by atoms with van der Waals surface area (Å²) < 4.78 is 5.18. The van der Waals surface area contributed by atoms with Gasteiger partial charge < -0.3 is 20.1 Å². The average Bonchev–Trinajstić information content (AvgIpc) is 3.11. The lowest BCUT2D eigenvalue weighted by molar-refractivity contribution is -0.142. The molecule has 0 amide bonds. The van der Waals surface area contributed by atoms with E-state index in [-0.39, 0.29) is 24.9 Å². The van der Waals surface area contributed by atoms with E-state index in [1.807, 2.05) is 20.8 Å². The van der Waals surface area contributed by atoms with Crippen molar-refractivity contribution >= 4 is 17.9 Å². The highest BCUT2D eigenvalue weighted by atomic mass is 16.6. The maximum Gasteiger partial charge on any atom is 0.320 e. The first kappa shape index (κ1) is 19.3. The van der Waals surface area contributed by atoms with Gasteiger partial charge in [-0.2, -0.15) is 0 Å². The van der Waals surface area contributed by atoms with Crippen LogP contribution in [0.2, 0.25) is 0 Å². The van der Waals surface area contributed by atoms with E-state index in [9.17, 15) is 19.5 Å². The van der Waals surface area contributed by atoms with Crippen LogP contribution in [0.5, 0.6) is 0 Å². The van der Waals surface area contributed by atoms with Gasteiger partial charge in [-0.25, -0.2) is 0 Å². The second-order valence-corrected chi connectivity index (χ2v) is 6.88. The van der Waals surface area contributed by atoms with Crippen LogP contribution in [0.1, 0.15) is 40.0 Å². The van der Waals surface area contributed by atoms with Crippen molar-refractivity contribution in [3.05, 3.63) is 0 Å². The molecule has 9 nitrogen and oxygen atoms in total. The molecule has 1 heterocycles. The minimum absolute atomic E-state index is 0.109. The SMILES string of the molecule is CC(C)(C)C[C@H](NC1(N[C@@H](CCC(=O)O)C(=O)O)CO1)C(=O)O. The number of rotatable bonds is 10. The minimum atomic E-state index is -1.24. The predicted octanol–water partition coefficient (Wildman–Crippen LogP) is 0.0570. The molecule has 0 radical (unpaired) electrons. The lowest BCUT2D eigenvalue weighted by atomic mass is 9.88. The lowest BCUT2D eigenvalue weighted by Crippen LogP contribution is -2.58. The molecule has 1 aliphatic heterocycles. The standard InChI is InChI=1S/C14H24N2O7/c1-13(2,3)6-9(12(21)22)16-14(7-23-14)15-8(11(19)20)4-5-10(17)18/h8-9,15-16H,4-7H2,1-3H3,(H,17,18)(H,19,20)(H,21,22)/t8-,9-,14?/m0/s1. The molecule has 0 bridgehead atoms. The zero-order chi connectivity index (χ0) is 17.8. The average molecular weight is 332 g/mol. The number of carboxylic acid groups (broad SMARTS) is 3. The van der Waals surface area contributed by atoms with Gasteiger partial charge in [0, 0.05) is 6.42 Å². The molecule has 0 aromatic rings. The van der Waals surface area contributed by atoms with E-state index in [1.165, 1.54) is 0 Å². The van der Waals surface area contributed by atoms with E-state index in [4.69, 9.17) is 14.9 Å². The zero-order valence-corrected chi connectivity index (χ0v) is 13.5. The van der Waals surface area contributed by atoms with Crippen LogP contribution >= 0.6 is 0 Å². The molecule has 0 spiro atoms. The Balaban J connectivity index is 2.71. The fourth-order valence-corrected chi connectivity index (χ4v) is 2.18. The van der Waals surface area contributed by atoms with Gasteiger partial charge in [-0.1, -0.05) is 20.8 Å². The number of hydrogen-bond donors (Lipinski definition) is 5. The summed E-state index contributed by atoms with van der Waals surface area (Å²) in [6.45, 7) is 5.79. The van der Waals surface area contributed by atoms with Crippen molar-refractivity contribution in [2.24, 2.45) is 5.41 Å². The van der Waals surface area contributed by atoms with E-state index in [0.29, 0.717) is 6.42 Å². The molecule has 1 rings (SSSR count). The van der Waals surface area contributed by atoms with Crippen LogP contribution in [0, 0.1) is 5.41 Å². The summed E-state index contributed by atoms with van der Waals surface area (Å²) in [4.78, 5) is 33.2. The molecule has 1 saturated heterocycles. The molecule has 0 saturated carbocycles. The van der Waals surface area contributed by atoms with Gasteiger partial charge in [0.25, 0.3) is 0 Å². The Morgan fingerprint density at radius 3 is 1.91 bits per heavy atom. The summed E-state index contributed by atoms with van der Waals surface area (Å²) in [5, 5.41) is 32.6. The van der Waals surface area contributed by atoms with Crippen LogP contribution in [0.25, 0.3) is 0 Å². The topological polar surface area (TPSA) is 148 Å². The van der Waals surface area contributed by atoms with Crippen LogP contribution < -0.4 is 10.6 Å². The van der Waals surface area contributed by atoms with Crippen LogP contribution in [0.3, 0.4) is 0 Å². The monoisotopic (exact) mass is 332 g/mol. The summed E-state index contributed by atoms with van der Waals surface area (Å²) in [5.41, 5.74) is -0.248.